The van der Waals surface area contributed by atoms with E-state index < -0.39 is 0 Å². The van der Waals surface area contributed by atoms with Crippen molar-refractivity contribution in [3.05, 3.63) is 23.9 Å². The van der Waals surface area contributed by atoms with Crippen LogP contribution in [0.25, 0.3) is 0 Å². The fourth-order valence-electron chi connectivity index (χ4n) is 2.46. The first-order valence-corrected chi connectivity index (χ1v) is 7.36. The molecular weight excluding hydrogens is 238 g/mol. The van der Waals surface area contributed by atoms with Crippen LogP contribution in [0, 0.1) is 0 Å². The largest absolute Gasteiger partial charge is 0.377 e. The average Bonchev–Trinajstić information content (AvgIpc) is 3.25. The molecule has 1 saturated heterocycles. The molecule has 3 rings (SSSR count). The topological polar surface area (TPSA) is 37.4 Å². The molecule has 1 N–H and O–H groups in total. The molecule has 1 aromatic heterocycles. The van der Waals surface area contributed by atoms with Crippen LogP contribution in [-0.4, -0.2) is 36.8 Å². The normalized spacial score (nSPS) is 24.3. The summed E-state index contributed by atoms with van der Waals surface area (Å²) < 4.78 is 5.67. The summed E-state index contributed by atoms with van der Waals surface area (Å²) in [5, 5.41) is 3.52. The molecule has 1 aromatic rings. The zero-order valence-electron chi connectivity index (χ0n) is 11.6. The third-order valence-corrected chi connectivity index (χ3v) is 3.76. The van der Waals surface area contributed by atoms with Gasteiger partial charge in [0, 0.05) is 38.5 Å². The van der Waals surface area contributed by atoms with E-state index in [1.807, 2.05) is 6.20 Å². The number of ether oxygens (including phenoxy) is 1. The smallest absolute Gasteiger partial charge is 0.128 e. The highest BCUT2D eigenvalue weighted by Gasteiger charge is 2.20. The van der Waals surface area contributed by atoms with Crippen molar-refractivity contribution >= 4 is 5.82 Å². The lowest BCUT2D eigenvalue weighted by molar-refractivity contribution is 0.0820. The Kier molecular flexibility index (Phi) is 3.99. The summed E-state index contributed by atoms with van der Waals surface area (Å²) in [7, 11) is 0. The van der Waals surface area contributed by atoms with Gasteiger partial charge in [-0.2, -0.15) is 0 Å². The van der Waals surface area contributed by atoms with Crippen molar-refractivity contribution in [3.8, 4) is 0 Å². The first-order valence-electron chi connectivity index (χ1n) is 7.36. The van der Waals surface area contributed by atoms with E-state index in [0.717, 1.165) is 44.5 Å². The van der Waals surface area contributed by atoms with Gasteiger partial charge < -0.3 is 15.0 Å². The van der Waals surface area contributed by atoms with Crippen LogP contribution in [0.5, 0.6) is 0 Å². The van der Waals surface area contributed by atoms with Gasteiger partial charge in [0.2, 0.25) is 0 Å². The second-order valence-electron chi connectivity index (χ2n) is 5.66. The highest BCUT2D eigenvalue weighted by molar-refractivity contribution is 5.39. The van der Waals surface area contributed by atoms with E-state index in [0.29, 0.717) is 6.10 Å². The van der Waals surface area contributed by atoms with E-state index in [-0.39, 0.29) is 0 Å². The van der Waals surface area contributed by atoms with E-state index in [1.165, 1.54) is 18.4 Å². The molecule has 0 bridgehead atoms. The lowest BCUT2D eigenvalue weighted by Crippen LogP contribution is -2.30. The summed E-state index contributed by atoms with van der Waals surface area (Å²) >= 11 is 0. The van der Waals surface area contributed by atoms with E-state index in [9.17, 15) is 0 Å². The van der Waals surface area contributed by atoms with Crippen LogP contribution in [0.1, 0.15) is 31.7 Å². The van der Waals surface area contributed by atoms with Crippen LogP contribution in [0.4, 0.5) is 5.82 Å². The van der Waals surface area contributed by atoms with Crippen molar-refractivity contribution in [3.63, 3.8) is 0 Å². The lowest BCUT2D eigenvalue weighted by atomic mass is 10.2. The molecule has 104 valence electrons. The summed E-state index contributed by atoms with van der Waals surface area (Å²) in [4.78, 5) is 6.94. The van der Waals surface area contributed by atoms with Crippen molar-refractivity contribution < 1.29 is 4.74 Å². The van der Waals surface area contributed by atoms with Gasteiger partial charge in [0.1, 0.15) is 5.82 Å². The van der Waals surface area contributed by atoms with E-state index >= 15 is 0 Å². The molecule has 2 fully saturated rings. The van der Waals surface area contributed by atoms with Gasteiger partial charge in [0.25, 0.3) is 0 Å². The molecule has 1 atom stereocenters. The van der Waals surface area contributed by atoms with Gasteiger partial charge in [-0.15, -0.1) is 0 Å². The number of nitrogens with zero attached hydrogens (tertiary/aromatic N) is 2. The second kappa shape index (κ2) is 5.88. The standard InChI is InChI=1S/C15H23N3O/c1-12-11-18(7-2-8-19-12)15-6-3-13(10-17-15)9-16-14-4-5-14/h3,6,10,12,14,16H,2,4-5,7-9,11H2,1H3. The van der Waals surface area contributed by atoms with Gasteiger partial charge in [-0.3, -0.25) is 0 Å². The molecule has 2 heterocycles. The fourth-order valence-corrected chi connectivity index (χ4v) is 2.46. The zero-order valence-corrected chi connectivity index (χ0v) is 11.6. The molecule has 1 aliphatic heterocycles. The van der Waals surface area contributed by atoms with Crippen LogP contribution in [-0.2, 0) is 11.3 Å². The summed E-state index contributed by atoms with van der Waals surface area (Å²) in [6, 6.07) is 5.08. The maximum absolute atomic E-state index is 5.67. The van der Waals surface area contributed by atoms with Crippen molar-refractivity contribution in [2.45, 2.75) is 44.9 Å². The van der Waals surface area contributed by atoms with Crippen LogP contribution in [0.15, 0.2) is 18.3 Å². The Hall–Kier alpha value is -1.13. The summed E-state index contributed by atoms with van der Waals surface area (Å²) in [6.45, 7) is 5.91. The maximum atomic E-state index is 5.67. The predicted molar refractivity (Wildman–Crippen MR) is 76.3 cm³/mol. The first kappa shape index (κ1) is 12.9. The van der Waals surface area contributed by atoms with Crippen LogP contribution in [0.2, 0.25) is 0 Å². The Morgan fingerprint density at radius 1 is 1.42 bits per heavy atom. The predicted octanol–water partition coefficient (Wildman–Crippen LogP) is 1.95. The maximum Gasteiger partial charge on any atom is 0.128 e. The van der Waals surface area contributed by atoms with Gasteiger partial charge in [-0.25, -0.2) is 4.98 Å². The Balaban J connectivity index is 1.60. The molecule has 1 saturated carbocycles. The van der Waals surface area contributed by atoms with E-state index in [4.69, 9.17) is 4.74 Å². The van der Waals surface area contributed by atoms with Crippen molar-refractivity contribution in [2.75, 3.05) is 24.6 Å². The van der Waals surface area contributed by atoms with Crippen LogP contribution >= 0.6 is 0 Å². The van der Waals surface area contributed by atoms with Gasteiger partial charge >= 0.3 is 0 Å². The molecule has 4 nitrogen and oxygen atoms in total. The Labute approximate surface area is 115 Å². The van der Waals surface area contributed by atoms with Gasteiger partial charge in [0.15, 0.2) is 0 Å². The SMILES string of the molecule is CC1CN(c2ccc(CNC3CC3)cn2)CCCO1. The Bertz CT molecular complexity index is 402. The zero-order chi connectivity index (χ0) is 13.1. The Morgan fingerprint density at radius 2 is 2.32 bits per heavy atom. The third kappa shape index (κ3) is 3.67. The quantitative estimate of drug-likeness (QED) is 0.899. The number of anilines is 1. The summed E-state index contributed by atoms with van der Waals surface area (Å²) in [6.07, 6.45) is 6.03. The van der Waals surface area contributed by atoms with E-state index in [2.05, 4.69) is 34.3 Å². The molecule has 1 unspecified atom stereocenters. The minimum atomic E-state index is 0.292. The van der Waals surface area contributed by atoms with E-state index in [1.54, 1.807) is 0 Å². The minimum absolute atomic E-state index is 0.292. The molecule has 0 radical (unpaired) electrons. The molecule has 4 heteroatoms. The number of hydrogen-bond acceptors (Lipinski definition) is 4. The molecular formula is C15H23N3O. The number of rotatable bonds is 4. The minimum Gasteiger partial charge on any atom is -0.377 e. The van der Waals surface area contributed by atoms with Gasteiger partial charge in [0.05, 0.1) is 6.10 Å². The molecule has 0 aromatic carbocycles. The van der Waals surface area contributed by atoms with Crippen LogP contribution < -0.4 is 10.2 Å². The molecule has 19 heavy (non-hydrogen) atoms. The number of aromatic nitrogens is 1. The number of pyridine rings is 1. The van der Waals surface area contributed by atoms with Crippen molar-refractivity contribution in [2.24, 2.45) is 0 Å². The summed E-state index contributed by atoms with van der Waals surface area (Å²) in [5.74, 6) is 1.08. The van der Waals surface area contributed by atoms with Crippen molar-refractivity contribution in [1.82, 2.24) is 10.3 Å². The molecule has 0 amide bonds. The Morgan fingerprint density at radius 3 is 3.05 bits per heavy atom. The third-order valence-electron chi connectivity index (χ3n) is 3.76. The average molecular weight is 261 g/mol. The molecule has 1 aliphatic carbocycles. The second-order valence-corrected chi connectivity index (χ2v) is 5.66. The summed E-state index contributed by atoms with van der Waals surface area (Å²) in [5.41, 5.74) is 1.27. The number of hydrogen-bond donors (Lipinski definition) is 1. The number of nitrogens with one attached hydrogen (secondary N) is 1. The van der Waals surface area contributed by atoms with Gasteiger partial charge in [-0.05, 0) is 37.8 Å². The van der Waals surface area contributed by atoms with Crippen molar-refractivity contribution in [1.29, 1.82) is 0 Å². The molecule has 0 spiro atoms. The highest BCUT2D eigenvalue weighted by atomic mass is 16.5. The highest BCUT2D eigenvalue weighted by Crippen LogP contribution is 2.20. The monoisotopic (exact) mass is 261 g/mol. The lowest BCUT2D eigenvalue weighted by Gasteiger charge is -2.23. The van der Waals surface area contributed by atoms with Crippen LogP contribution in [0.3, 0.4) is 0 Å². The molecule has 2 aliphatic rings. The van der Waals surface area contributed by atoms with Gasteiger partial charge in [-0.1, -0.05) is 6.07 Å². The fraction of sp³-hybridized carbons (Fsp3) is 0.667. The first-order chi connectivity index (χ1) is 9.31.